The molecule has 33 heavy (non-hydrogen) atoms. The standard InChI is InChI=1S/C31H36NSi/c1-22(2)29-20-26(24-11-7-6-8-12-24)21-30(23(29)3)31-28-14-13-27(33(5)17-9-10-18-33)19-25(28)15-16-32(31)4/h6-8,11-16,19-22H,9-10,17-18H2,1-5H3/q+1. The van der Waals surface area contributed by atoms with Crippen molar-refractivity contribution in [2.24, 2.45) is 7.05 Å². The Morgan fingerprint density at radius 2 is 1.58 bits per heavy atom. The van der Waals surface area contributed by atoms with Crippen LogP contribution < -0.4 is 9.75 Å². The number of aromatic nitrogens is 1. The lowest BCUT2D eigenvalue weighted by atomic mass is 9.87. The fraction of sp³-hybridized carbons (Fsp3) is 0.323. The quantitative estimate of drug-likeness (QED) is 0.224. The molecule has 0 unspecified atom stereocenters. The summed E-state index contributed by atoms with van der Waals surface area (Å²) in [6, 6.07) is 28.2. The van der Waals surface area contributed by atoms with Crippen LogP contribution in [0.1, 0.15) is 43.7 Å². The maximum atomic E-state index is 2.59. The topological polar surface area (TPSA) is 3.88 Å². The van der Waals surface area contributed by atoms with Gasteiger partial charge in [0.2, 0.25) is 5.69 Å². The third-order valence-electron chi connectivity index (χ3n) is 7.97. The van der Waals surface area contributed by atoms with Gasteiger partial charge in [-0.1, -0.05) is 99.0 Å². The van der Waals surface area contributed by atoms with Crippen molar-refractivity contribution < 1.29 is 4.57 Å². The van der Waals surface area contributed by atoms with Gasteiger partial charge in [0, 0.05) is 6.07 Å². The highest BCUT2D eigenvalue weighted by molar-refractivity contribution is 6.91. The summed E-state index contributed by atoms with van der Waals surface area (Å²) in [5.74, 6) is 0.479. The molecule has 168 valence electrons. The van der Waals surface area contributed by atoms with Crippen LogP contribution in [0.15, 0.2) is 72.9 Å². The summed E-state index contributed by atoms with van der Waals surface area (Å²) in [6.45, 7) is 9.51. The van der Waals surface area contributed by atoms with Crippen LogP contribution in [0.3, 0.4) is 0 Å². The maximum Gasteiger partial charge on any atom is 0.220 e. The molecule has 3 aromatic carbocycles. The van der Waals surface area contributed by atoms with E-state index in [9.17, 15) is 0 Å². The van der Waals surface area contributed by atoms with Crippen molar-refractivity contribution in [2.75, 3.05) is 0 Å². The first kappa shape index (κ1) is 22.1. The first-order valence-electron chi connectivity index (χ1n) is 12.5. The smallest absolute Gasteiger partial charge is 0.200 e. The number of hydrogen-bond acceptors (Lipinski definition) is 0. The van der Waals surface area contributed by atoms with Crippen molar-refractivity contribution in [1.82, 2.24) is 0 Å². The zero-order chi connectivity index (χ0) is 23.2. The normalized spacial score (nSPS) is 15.5. The lowest BCUT2D eigenvalue weighted by Gasteiger charge is -2.22. The number of hydrogen-bond donors (Lipinski definition) is 0. The highest BCUT2D eigenvalue weighted by atomic mass is 28.3. The molecule has 1 aromatic heterocycles. The molecule has 1 nitrogen and oxygen atoms in total. The molecule has 2 heterocycles. The van der Waals surface area contributed by atoms with E-state index in [0.717, 1.165) is 0 Å². The molecule has 2 heteroatoms. The van der Waals surface area contributed by atoms with E-state index in [1.165, 1.54) is 69.2 Å². The number of fused-ring (bicyclic) bond motifs is 1. The SMILES string of the molecule is Cc1c(-c2c3ccc([Si]4(C)CCCC4)cc3cc[n+]2C)cc(-c2ccccc2)cc1C(C)C. The summed E-state index contributed by atoms with van der Waals surface area (Å²) >= 11 is 0. The molecule has 0 atom stereocenters. The average molecular weight is 451 g/mol. The predicted molar refractivity (Wildman–Crippen MR) is 145 cm³/mol. The largest absolute Gasteiger partial charge is 0.220 e. The van der Waals surface area contributed by atoms with Gasteiger partial charge < -0.3 is 0 Å². The summed E-state index contributed by atoms with van der Waals surface area (Å²) in [5, 5.41) is 4.39. The van der Waals surface area contributed by atoms with E-state index in [1.54, 1.807) is 5.19 Å². The van der Waals surface area contributed by atoms with E-state index < -0.39 is 8.07 Å². The Hall–Kier alpha value is -2.71. The second-order valence-electron chi connectivity index (χ2n) is 10.6. The van der Waals surface area contributed by atoms with Gasteiger partial charge >= 0.3 is 0 Å². The lowest BCUT2D eigenvalue weighted by Crippen LogP contribution is -2.41. The van der Waals surface area contributed by atoms with Gasteiger partial charge in [-0.2, -0.15) is 0 Å². The van der Waals surface area contributed by atoms with Gasteiger partial charge in [0.25, 0.3) is 0 Å². The molecule has 0 aliphatic carbocycles. The monoisotopic (exact) mass is 450 g/mol. The van der Waals surface area contributed by atoms with E-state index in [4.69, 9.17) is 0 Å². The lowest BCUT2D eigenvalue weighted by molar-refractivity contribution is -0.659. The molecule has 0 radical (unpaired) electrons. The van der Waals surface area contributed by atoms with Gasteiger partial charge in [-0.05, 0) is 52.6 Å². The molecule has 1 aliphatic rings. The van der Waals surface area contributed by atoms with Gasteiger partial charge in [0.05, 0.1) is 19.0 Å². The van der Waals surface area contributed by atoms with E-state index in [0.29, 0.717) is 5.92 Å². The van der Waals surface area contributed by atoms with Crippen molar-refractivity contribution in [3.63, 3.8) is 0 Å². The van der Waals surface area contributed by atoms with Gasteiger partial charge in [-0.3, -0.25) is 0 Å². The first-order valence-corrected chi connectivity index (χ1v) is 15.4. The first-order chi connectivity index (χ1) is 15.9. The van der Waals surface area contributed by atoms with Gasteiger partial charge in [0.1, 0.15) is 7.05 Å². The molecule has 1 aliphatic heterocycles. The molecular formula is C31H36NSi+. The minimum atomic E-state index is -1.28. The number of benzene rings is 3. The van der Waals surface area contributed by atoms with Crippen LogP contribution in [0.25, 0.3) is 33.2 Å². The maximum absolute atomic E-state index is 2.59. The van der Waals surface area contributed by atoms with Crippen molar-refractivity contribution in [2.45, 2.75) is 58.2 Å². The Morgan fingerprint density at radius 1 is 0.848 bits per heavy atom. The average Bonchev–Trinajstić information content (AvgIpc) is 3.27. The highest BCUT2D eigenvalue weighted by Gasteiger charge is 2.33. The van der Waals surface area contributed by atoms with Crippen LogP contribution in [0.2, 0.25) is 18.6 Å². The fourth-order valence-electron chi connectivity index (χ4n) is 5.91. The van der Waals surface area contributed by atoms with E-state index in [2.05, 4.69) is 112 Å². The Morgan fingerprint density at radius 3 is 2.27 bits per heavy atom. The minimum absolute atomic E-state index is 0.479. The number of pyridine rings is 1. The van der Waals surface area contributed by atoms with Crippen LogP contribution in [-0.4, -0.2) is 8.07 Å². The van der Waals surface area contributed by atoms with Crippen molar-refractivity contribution >= 4 is 24.0 Å². The Balaban J connectivity index is 1.74. The Kier molecular flexibility index (Phi) is 5.74. The van der Waals surface area contributed by atoms with E-state index >= 15 is 0 Å². The van der Waals surface area contributed by atoms with Crippen molar-refractivity contribution in [3.05, 3.63) is 84.1 Å². The highest BCUT2D eigenvalue weighted by Crippen LogP contribution is 2.37. The van der Waals surface area contributed by atoms with Crippen LogP contribution in [0, 0.1) is 6.92 Å². The molecule has 0 amide bonds. The van der Waals surface area contributed by atoms with Crippen molar-refractivity contribution in [3.8, 4) is 22.4 Å². The number of aryl methyl sites for hydroxylation is 1. The summed E-state index contributed by atoms with van der Waals surface area (Å²) in [7, 11) is 0.909. The molecule has 4 aromatic rings. The molecule has 0 bridgehead atoms. The van der Waals surface area contributed by atoms with E-state index in [-0.39, 0.29) is 0 Å². The molecule has 0 saturated carbocycles. The molecule has 1 saturated heterocycles. The van der Waals surface area contributed by atoms with Crippen molar-refractivity contribution in [1.29, 1.82) is 0 Å². The molecule has 0 spiro atoms. The zero-order valence-corrected chi connectivity index (χ0v) is 21.8. The van der Waals surface area contributed by atoms with Gasteiger partial charge in [0.15, 0.2) is 6.20 Å². The molecule has 1 fully saturated rings. The second-order valence-corrected chi connectivity index (χ2v) is 15.3. The number of nitrogens with zero attached hydrogens (tertiary/aromatic N) is 1. The third-order valence-corrected chi connectivity index (χ3v) is 12.6. The van der Waals surface area contributed by atoms with Crippen LogP contribution in [-0.2, 0) is 7.05 Å². The van der Waals surface area contributed by atoms with Gasteiger partial charge in [-0.25, -0.2) is 4.57 Å². The number of rotatable bonds is 4. The molecule has 0 N–H and O–H groups in total. The van der Waals surface area contributed by atoms with Gasteiger partial charge in [-0.15, -0.1) is 0 Å². The predicted octanol–water partition coefficient (Wildman–Crippen LogP) is 7.51. The summed E-state index contributed by atoms with van der Waals surface area (Å²) in [6.07, 6.45) is 5.09. The molecular weight excluding hydrogens is 414 g/mol. The third kappa shape index (κ3) is 3.95. The fourth-order valence-corrected chi connectivity index (χ4v) is 9.78. The second kappa shape index (κ2) is 8.57. The summed E-state index contributed by atoms with van der Waals surface area (Å²) < 4.78 is 2.32. The molecule has 5 rings (SSSR count). The summed E-state index contributed by atoms with van der Waals surface area (Å²) in [4.78, 5) is 0. The zero-order valence-electron chi connectivity index (χ0n) is 20.8. The minimum Gasteiger partial charge on any atom is -0.200 e. The van der Waals surface area contributed by atoms with Crippen LogP contribution in [0.4, 0.5) is 0 Å². The van der Waals surface area contributed by atoms with Crippen LogP contribution >= 0.6 is 0 Å². The van der Waals surface area contributed by atoms with E-state index in [1.807, 2.05) is 0 Å². The van der Waals surface area contributed by atoms with Crippen LogP contribution in [0.5, 0.6) is 0 Å². The Labute approximate surface area is 200 Å². The Bertz CT molecular complexity index is 1310. The summed E-state index contributed by atoms with van der Waals surface area (Å²) in [5.41, 5.74) is 8.10.